The number of H-pyrrole nitrogens is 1. The van der Waals surface area contributed by atoms with E-state index in [1.165, 1.54) is 11.3 Å². The zero-order chi connectivity index (χ0) is 18.8. The molecule has 1 fully saturated rings. The molecule has 8 heteroatoms. The summed E-state index contributed by atoms with van der Waals surface area (Å²) in [5.41, 5.74) is 0.701. The average molecular weight is 377 g/mol. The van der Waals surface area contributed by atoms with Gasteiger partial charge in [-0.1, -0.05) is 6.42 Å². The molecular weight excluding hydrogens is 354 g/mol. The topological polar surface area (TPSA) is 92.4 Å². The molecule has 0 aromatic carbocycles. The molecule has 1 atom stereocenters. The molecule has 0 bridgehead atoms. The first-order valence-electron chi connectivity index (χ1n) is 8.84. The van der Waals surface area contributed by atoms with E-state index in [4.69, 9.17) is 4.74 Å². The minimum Gasteiger partial charge on any atom is -0.453 e. The molecule has 1 aliphatic heterocycles. The Hall–Kier alpha value is -2.22. The Kier molecular flexibility index (Phi) is 5.41. The van der Waals surface area contributed by atoms with Crippen LogP contribution in [-0.2, 0) is 14.3 Å². The first-order valence-corrected chi connectivity index (χ1v) is 9.65. The number of ether oxygens (including phenoxy) is 1. The second-order valence-corrected chi connectivity index (χ2v) is 7.88. The lowest BCUT2D eigenvalue weighted by Gasteiger charge is -2.20. The molecule has 0 unspecified atom stereocenters. The first kappa shape index (κ1) is 18.6. The Labute approximate surface area is 155 Å². The number of hydrogen-bond donors (Lipinski definition) is 1. The monoisotopic (exact) mass is 377 g/mol. The molecular formula is C18H23N3O4S. The lowest BCUT2D eigenvalue weighted by atomic mass is 10.2. The van der Waals surface area contributed by atoms with Crippen LogP contribution >= 0.6 is 11.3 Å². The van der Waals surface area contributed by atoms with Gasteiger partial charge in [-0.25, -0.2) is 4.98 Å². The van der Waals surface area contributed by atoms with Crippen LogP contribution in [0.3, 0.4) is 0 Å². The summed E-state index contributed by atoms with van der Waals surface area (Å²) in [5, 5.41) is 0.588. The smallest absolute Gasteiger partial charge is 0.326 e. The van der Waals surface area contributed by atoms with Gasteiger partial charge in [-0.3, -0.25) is 14.4 Å². The highest BCUT2D eigenvalue weighted by Gasteiger charge is 2.23. The van der Waals surface area contributed by atoms with Crippen LogP contribution in [0.1, 0.15) is 55.0 Å². The number of aromatic nitrogens is 2. The Balaban J connectivity index is 1.72. The lowest BCUT2D eigenvalue weighted by Crippen LogP contribution is -2.36. The van der Waals surface area contributed by atoms with Crippen molar-refractivity contribution < 1.29 is 14.3 Å². The summed E-state index contributed by atoms with van der Waals surface area (Å²) in [7, 11) is 0. The van der Waals surface area contributed by atoms with Crippen molar-refractivity contribution in [3.8, 4) is 0 Å². The van der Waals surface area contributed by atoms with Crippen molar-refractivity contribution in [3.05, 3.63) is 26.6 Å². The van der Waals surface area contributed by atoms with E-state index in [2.05, 4.69) is 9.97 Å². The standard InChI is InChI=1S/C18H23N3O4S/c1-10-12(3)26-18-15(10)17(24)19-16(20-18)11(2)25-14(23)9-21-8-6-4-5-7-13(21)22/h11H,4-9H2,1-3H3,(H,19,20,24)/t11-/m0/s1. The largest absolute Gasteiger partial charge is 0.453 e. The van der Waals surface area contributed by atoms with Crippen LogP contribution in [0.4, 0.5) is 0 Å². The molecule has 1 N–H and O–H groups in total. The van der Waals surface area contributed by atoms with Gasteiger partial charge in [0.05, 0.1) is 5.39 Å². The number of nitrogens with one attached hydrogen (secondary N) is 1. The van der Waals surface area contributed by atoms with Crippen molar-refractivity contribution in [2.24, 2.45) is 0 Å². The third kappa shape index (κ3) is 3.80. The number of nitrogens with zero attached hydrogens (tertiary/aromatic N) is 2. The Morgan fingerprint density at radius 2 is 2.08 bits per heavy atom. The van der Waals surface area contributed by atoms with E-state index in [0.29, 0.717) is 29.0 Å². The van der Waals surface area contributed by atoms with E-state index in [1.807, 2.05) is 13.8 Å². The lowest BCUT2D eigenvalue weighted by molar-refractivity contribution is -0.153. The van der Waals surface area contributed by atoms with Crippen LogP contribution in [0.15, 0.2) is 4.79 Å². The number of hydrogen-bond acceptors (Lipinski definition) is 6. The molecule has 140 valence electrons. The average Bonchev–Trinajstić information content (AvgIpc) is 2.74. The maximum Gasteiger partial charge on any atom is 0.326 e. The number of amides is 1. The van der Waals surface area contributed by atoms with Crippen LogP contribution in [0, 0.1) is 13.8 Å². The van der Waals surface area contributed by atoms with Crippen LogP contribution < -0.4 is 5.56 Å². The van der Waals surface area contributed by atoms with Gasteiger partial charge in [-0.15, -0.1) is 11.3 Å². The molecule has 7 nitrogen and oxygen atoms in total. The second kappa shape index (κ2) is 7.57. The van der Waals surface area contributed by atoms with E-state index in [-0.39, 0.29) is 18.0 Å². The van der Waals surface area contributed by atoms with Crippen LogP contribution in [0.25, 0.3) is 10.2 Å². The van der Waals surface area contributed by atoms with Gasteiger partial charge in [0.2, 0.25) is 5.91 Å². The van der Waals surface area contributed by atoms with E-state index < -0.39 is 12.1 Å². The number of esters is 1. The molecule has 26 heavy (non-hydrogen) atoms. The summed E-state index contributed by atoms with van der Waals surface area (Å²) < 4.78 is 5.41. The van der Waals surface area contributed by atoms with Crippen molar-refractivity contribution in [3.63, 3.8) is 0 Å². The molecule has 1 aliphatic rings. The fourth-order valence-corrected chi connectivity index (χ4v) is 4.15. The number of thiophene rings is 1. The Morgan fingerprint density at radius 3 is 2.85 bits per heavy atom. The van der Waals surface area contributed by atoms with Gasteiger partial charge in [0.25, 0.3) is 5.56 Å². The van der Waals surface area contributed by atoms with Gasteiger partial charge >= 0.3 is 5.97 Å². The molecule has 0 spiro atoms. The molecule has 0 aliphatic carbocycles. The minimum absolute atomic E-state index is 0.00964. The first-order chi connectivity index (χ1) is 12.4. The van der Waals surface area contributed by atoms with Gasteiger partial charge in [0.15, 0.2) is 11.9 Å². The van der Waals surface area contributed by atoms with Gasteiger partial charge in [-0.05, 0) is 39.2 Å². The second-order valence-electron chi connectivity index (χ2n) is 6.67. The summed E-state index contributed by atoms with van der Waals surface area (Å²) in [6.45, 7) is 6.03. The molecule has 1 saturated heterocycles. The van der Waals surface area contributed by atoms with Gasteiger partial charge < -0.3 is 14.6 Å². The zero-order valence-corrected chi connectivity index (χ0v) is 16.1. The highest BCUT2D eigenvalue weighted by Crippen LogP contribution is 2.27. The van der Waals surface area contributed by atoms with Gasteiger partial charge in [-0.2, -0.15) is 0 Å². The number of likely N-dealkylation sites (tertiary alicyclic amines) is 1. The predicted molar refractivity (Wildman–Crippen MR) is 99.3 cm³/mol. The van der Waals surface area contributed by atoms with Crippen molar-refractivity contribution in [1.29, 1.82) is 0 Å². The molecule has 1 amide bonds. The number of rotatable bonds is 4. The summed E-state index contributed by atoms with van der Waals surface area (Å²) in [4.78, 5) is 47.0. The van der Waals surface area contributed by atoms with Crippen molar-refractivity contribution in [2.45, 2.75) is 52.6 Å². The zero-order valence-electron chi connectivity index (χ0n) is 15.3. The Morgan fingerprint density at radius 1 is 1.31 bits per heavy atom. The molecule has 2 aromatic heterocycles. The summed E-state index contributed by atoms with van der Waals surface area (Å²) in [6, 6.07) is 0. The highest BCUT2D eigenvalue weighted by molar-refractivity contribution is 7.18. The van der Waals surface area contributed by atoms with Crippen LogP contribution in [0.2, 0.25) is 0 Å². The van der Waals surface area contributed by atoms with Gasteiger partial charge in [0, 0.05) is 17.8 Å². The quantitative estimate of drug-likeness (QED) is 0.827. The maximum atomic E-state index is 12.3. The maximum absolute atomic E-state index is 12.3. The highest BCUT2D eigenvalue weighted by atomic mass is 32.1. The van der Waals surface area contributed by atoms with Gasteiger partial charge in [0.1, 0.15) is 11.4 Å². The molecule has 2 aromatic rings. The number of fused-ring (bicyclic) bond motifs is 1. The van der Waals surface area contributed by atoms with Crippen LogP contribution in [-0.4, -0.2) is 39.8 Å². The Bertz CT molecular complexity index is 902. The van der Waals surface area contributed by atoms with Crippen molar-refractivity contribution >= 4 is 33.4 Å². The summed E-state index contributed by atoms with van der Waals surface area (Å²) >= 11 is 1.45. The summed E-state index contributed by atoms with van der Waals surface area (Å²) in [6.07, 6.45) is 2.55. The molecule has 3 rings (SSSR count). The number of aromatic amines is 1. The van der Waals surface area contributed by atoms with E-state index in [9.17, 15) is 14.4 Å². The minimum atomic E-state index is -0.690. The number of carbonyl (C=O) groups is 2. The third-order valence-electron chi connectivity index (χ3n) is 4.74. The fraction of sp³-hybridized carbons (Fsp3) is 0.556. The molecule has 3 heterocycles. The molecule has 0 radical (unpaired) electrons. The van der Waals surface area contributed by atoms with Crippen molar-refractivity contribution in [1.82, 2.24) is 14.9 Å². The SMILES string of the molecule is Cc1sc2nc([C@H](C)OC(=O)CN3CCCCCC3=O)[nH]c(=O)c2c1C. The van der Waals surface area contributed by atoms with Crippen LogP contribution in [0.5, 0.6) is 0 Å². The van der Waals surface area contributed by atoms with E-state index >= 15 is 0 Å². The van der Waals surface area contributed by atoms with Crippen molar-refractivity contribution in [2.75, 3.05) is 13.1 Å². The number of aryl methyl sites for hydroxylation is 2. The predicted octanol–water partition coefficient (Wildman–Crippen LogP) is 2.61. The van der Waals surface area contributed by atoms with E-state index in [0.717, 1.165) is 29.7 Å². The summed E-state index contributed by atoms with van der Waals surface area (Å²) in [5.74, 6) is -0.182. The van der Waals surface area contributed by atoms with E-state index in [1.54, 1.807) is 11.8 Å². The number of carbonyl (C=O) groups excluding carboxylic acids is 2. The normalized spacial score (nSPS) is 16.6. The molecule has 0 saturated carbocycles. The third-order valence-corrected chi connectivity index (χ3v) is 5.84. The fourth-order valence-electron chi connectivity index (χ4n) is 3.12.